The van der Waals surface area contributed by atoms with E-state index < -0.39 is 17.3 Å². The number of hydrogen-bond donors (Lipinski definition) is 2. The number of aliphatic carboxylic acids is 1. The lowest BCUT2D eigenvalue weighted by Crippen LogP contribution is -2.51. The standard InChI is InChI=1S/C14H18FNO3/c1-14(13(17)18,16-10-6-7-10)8-9-19-12-5-3-2-4-11(12)15/h2-5,10,16H,6-9H2,1H3,(H,17,18). The zero-order valence-corrected chi connectivity index (χ0v) is 10.9. The van der Waals surface area contributed by atoms with Gasteiger partial charge in [0.25, 0.3) is 0 Å². The summed E-state index contributed by atoms with van der Waals surface area (Å²) in [6.45, 7) is 1.79. The van der Waals surface area contributed by atoms with Crippen LogP contribution in [0.3, 0.4) is 0 Å². The van der Waals surface area contributed by atoms with E-state index in [-0.39, 0.29) is 24.8 Å². The first-order chi connectivity index (χ1) is 9.01. The third kappa shape index (κ3) is 3.67. The van der Waals surface area contributed by atoms with Gasteiger partial charge < -0.3 is 9.84 Å². The van der Waals surface area contributed by atoms with Crippen LogP contribution >= 0.6 is 0 Å². The van der Waals surface area contributed by atoms with Gasteiger partial charge in [-0.25, -0.2) is 4.39 Å². The molecule has 1 atom stereocenters. The quantitative estimate of drug-likeness (QED) is 0.795. The summed E-state index contributed by atoms with van der Waals surface area (Å²) in [7, 11) is 0. The van der Waals surface area contributed by atoms with Crippen molar-refractivity contribution in [2.75, 3.05) is 6.61 Å². The van der Waals surface area contributed by atoms with Crippen molar-refractivity contribution in [3.8, 4) is 5.75 Å². The molecular weight excluding hydrogens is 249 g/mol. The minimum Gasteiger partial charge on any atom is -0.490 e. The lowest BCUT2D eigenvalue weighted by Gasteiger charge is -2.26. The van der Waals surface area contributed by atoms with E-state index in [4.69, 9.17) is 4.74 Å². The molecule has 0 spiro atoms. The van der Waals surface area contributed by atoms with Crippen molar-refractivity contribution in [2.24, 2.45) is 0 Å². The molecule has 1 fully saturated rings. The Morgan fingerprint density at radius 2 is 2.21 bits per heavy atom. The summed E-state index contributed by atoms with van der Waals surface area (Å²) in [5, 5.41) is 12.4. The van der Waals surface area contributed by atoms with Gasteiger partial charge in [0.2, 0.25) is 0 Å². The Morgan fingerprint density at radius 1 is 1.53 bits per heavy atom. The monoisotopic (exact) mass is 267 g/mol. The van der Waals surface area contributed by atoms with Crippen LogP contribution in [0.4, 0.5) is 4.39 Å². The number of carboxylic acids is 1. The molecule has 19 heavy (non-hydrogen) atoms. The fraction of sp³-hybridized carbons (Fsp3) is 0.500. The molecule has 1 aliphatic carbocycles. The first-order valence-electron chi connectivity index (χ1n) is 6.40. The van der Waals surface area contributed by atoms with Gasteiger partial charge in [-0.1, -0.05) is 12.1 Å². The highest BCUT2D eigenvalue weighted by Crippen LogP contribution is 2.24. The number of carboxylic acid groups (broad SMARTS) is 1. The molecular formula is C14H18FNO3. The Kier molecular flexibility index (Phi) is 4.04. The second-order valence-corrected chi connectivity index (χ2v) is 5.08. The molecule has 0 aliphatic heterocycles. The van der Waals surface area contributed by atoms with Gasteiger partial charge in [0.1, 0.15) is 5.54 Å². The average Bonchev–Trinajstić information content (AvgIpc) is 3.15. The molecule has 1 unspecified atom stereocenters. The van der Waals surface area contributed by atoms with Gasteiger partial charge in [-0.2, -0.15) is 0 Å². The first kappa shape index (κ1) is 13.8. The molecule has 0 radical (unpaired) electrons. The van der Waals surface area contributed by atoms with Crippen LogP contribution in [-0.4, -0.2) is 29.3 Å². The van der Waals surface area contributed by atoms with Crippen LogP contribution in [0.1, 0.15) is 26.2 Å². The van der Waals surface area contributed by atoms with Crippen LogP contribution in [0.25, 0.3) is 0 Å². The lowest BCUT2D eigenvalue weighted by molar-refractivity contribution is -0.144. The minimum atomic E-state index is -1.02. The van der Waals surface area contributed by atoms with Crippen molar-refractivity contribution in [2.45, 2.75) is 37.8 Å². The van der Waals surface area contributed by atoms with E-state index in [1.165, 1.54) is 12.1 Å². The second-order valence-electron chi connectivity index (χ2n) is 5.08. The second kappa shape index (κ2) is 5.57. The molecule has 2 rings (SSSR count). The van der Waals surface area contributed by atoms with E-state index in [1.54, 1.807) is 19.1 Å². The number of ether oxygens (including phenoxy) is 1. The fourth-order valence-electron chi connectivity index (χ4n) is 1.85. The first-order valence-corrected chi connectivity index (χ1v) is 6.40. The molecule has 0 aromatic heterocycles. The molecule has 104 valence electrons. The number of rotatable bonds is 7. The van der Waals surface area contributed by atoms with Crippen molar-refractivity contribution >= 4 is 5.97 Å². The molecule has 1 aromatic carbocycles. The number of hydrogen-bond acceptors (Lipinski definition) is 3. The summed E-state index contributed by atoms with van der Waals surface area (Å²) >= 11 is 0. The summed E-state index contributed by atoms with van der Waals surface area (Å²) in [5.41, 5.74) is -1.02. The number of benzene rings is 1. The van der Waals surface area contributed by atoms with E-state index in [2.05, 4.69) is 5.32 Å². The Balaban J connectivity index is 1.88. The Hall–Kier alpha value is -1.62. The summed E-state index contributed by atoms with van der Waals surface area (Å²) in [6.07, 6.45) is 2.31. The molecule has 0 amide bonds. The van der Waals surface area contributed by atoms with Gasteiger partial charge >= 0.3 is 5.97 Å². The topological polar surface area (TPSA) is 58.6 Å². The fourth-order valence-corrected chi connectivity index (χ4v) is 1.85. The van der Waals surface area contributed by atoms with Gasteiger partial charge in [-0.15, -0.1) is 0 Å². The van der Waals surface area contributed by atoms with Crippen LogP contribution in [-0.2, 0) is 4.79 Å². The van der Waals surface area contributed by atoms with Crippen molar-refractivity contribution < 1.29 is 19.0 Å². The van der Waals surface area contributed by atoms with Crippen molar-refractivity contribution in [3.05, 3.63) is 30.1 Å². The molecule has 2 N–H and O–H groups in total. The lowest BCUT2D eigenvalue weighted by atomic mass is 9.98. The Bertz CT molecular complexity index is 462. The third-order valence-electron chi connectivity index (χ3n) is 3.27. The maximum atomic E-state index is 13.3. The molecule has 1 aromatic rings. The van der Waals surface area contributed by atoms with E-state index in [9.17, 15) is 14.3 Å². The summed E-state index contributed by atoms with van der Waals surface area (Å²) in [6, 6.07) is 6.39. The summed E-state index contributed by atoms with van der Waals surface area (Å²) in [4.78, 5) is 11.3. The van der Waals surface area contributed by atoms with E-state index in [0.29, 0.717) is 0 Å². The van der Waals surface area contributed by atoms with Gasteiger partial charge in [0.05, 0.1) is 6.61 Å². The highest BCUT2D eigenvalue weighted by molar-refractivity contribution is 5.78. The largest absolute Gasteiger partial charge is 0.490 e. The van der Waals surface area contributed by atoms with E-state index in [0.717, 1.165) is 12.8 Å². The van der Waals surface area contributed by atoms with Gasteiger partial charge in [0.15, 0.2) is 11.6 Å². The maximum absolute atomic E-state index is 13.3. The zero-order chi connectivity index (χ0) is 13.9. The minimum absolute atomic E-state index is 0.154. The van der Waals surface area contributed by atoms with Gasteiger partial charge in [0, 0.05) is 12.5 Å². The van der Waals surface area contributed by atoms with Gasteiger partial charge in [-0.3, -0.25) is 10.1 Å². The van der Waals surface area contributed by atoms with E-state index in [1.807, 2.05) is 0 Å². The summed E-state index contributed by atoms with van der Waals surface area (Å²) in [5.74, 6) is -1.19. The number of para-hydroxylation sites is 1. The van der Waals surface area contributed by atoms with E-state index >= 15 is 0 Å². The van der Waals surface area contributed by atoms with Crippen LogP contribution in [0.5, 0.6) is 5.75 Å². The third-order valence-corrected chi connectivity index (χ3v) is 3.27. The summed E-state index contributed by atoms with van der Waals surface area (Å²) < 4.78 is 18.6. The predicted octanol–water partition coefficient (Wildman–Crippen LogP) is 2.19. The highest BCUT2D eigenvalue weighted by Gasteiger charge is 2.38. The van der Waals surface area contributed by atoms with Crippen molar-refractivity contribution in [3.63, 3.8) is 0 Å². The number of carbonyl (C=O) groups is 1. The molecule has 0 heterocycles. The normalized spacial score (nSPS) is 17.8. The Morgan fingerprint density at radius 3 is 2.79 bits per heavy atom. The molecule has 0 saturated heterocycles. The molecule has 0 bridgehead atoms. The Labute approximate surface area is 111 Å². The molecule has 4 nitrogen and oxygen atoms in total. The highest BCUT2D eigenvalue weighted by atomic mass is 19.1. The van der Waals surface area contributed by atoms with Crippen molar-refractivity contribution in [1.82, 2.24) is 5.32 Å². The van der Waals surface area contributed by atoms with Crippen LogP contribution < -0.4 is 10.1 Å². The SMILES string of the molecule is CC(CCOc1ccccc1F)(NC1CC1)C(=O)O. The maximum Gasteiger partial charge on any atom is 0.323 e. The smallest absolute Gasteiger partial charge is 0.323 e. The molecule has 1 saturated carbocycles. The van der Waals surface area contributed by atoms with Crippen molar-refractivity contribution in [1.29, 1.82) is 0 Å². The molecule has 1 aliphatic rings. The molecule has 5 heteroatoms. The van der Waals surface area contributed by atoms with Crippen LogP contribution in [0.2, 0.25) is 0 Å². The predicted molar refractivity (Wildman–Crippen MR) is 68.7 cm³/mol. The zero-order valence-electron chi connectivity index (χ0n) is 10.9. The number of nitrogens with one attached hydrogen (secondary N) is 1. The number of halogens is 1. The average molecular weight is 267 g/mol. The van der Waals surface area contributed by atoms with Crippen LogP contribution in [0.15, 0.2) is 24.3 Å². The van der Waals surface area contributed by atoms with Gasteiger partial charge in [-0.05, 0) is 31.9 Å². The van der Waals surface area contributed by atoms with Crippen LogP contribution in [0, 0.1) is 5.82 Å².